The van der Waals surface area contributed by atoms with Crippen molar-refractivity contribution >= 4 is 17.0 Å². The van der Waals surface area contributed by atoms with E-state index in [0.29, 0.717) is 11.4 Å². The van der Waals surface area contributed by atoms with E-state index < -0.39 is 5.97 Å². The molecule has 5 nitrogen and oxygen atoms in total. The molecular formula is C20H26N2O3. The predicted molar refractivity (Wildman–Crippen MR) is 97.8 cm³/mol. The van der Waals surface area contributed by atoms with Gasteiger partial charge in [-0.3, -0.25) is 4.79 Å². The smallest absolute Gasteiger partial charge is 0.362 e. The number of hydrogen-bond acceptors (Lipinski definition) is 4. The number of carbonyl (C=O) groups excluding carboxylic acids is 1. The van der Waals surface area contributed by atoms with Gasteiger partial charge in [0.1, 0.15) is 0 Å². The largest absolute Gasteiger partial charge is 0.461 e. The number of rotatable bonds is 5. The van der Waals surface area contributed by atoms with Crippen molar-refractivity contribution in [1.29, 1.82) is 0 Å². The van der Waals surface area contributed by atoms with Crippen molar-refractivity contribution in [2.24, 2.45) is 11.8 Å². The number of benzene rings is 1. The molecule has 3 atom stereocenters. The highest BCUT2D eigenvalue weighted by Gasteiger charge is 2.26. The van der Waals surface area contributed by atoms with Crippen molar-refractivity contribution in [3.63, 3.8) is 0 Å². The van der Waals surface area contributed by atoms with Gasteiger partial charge in [0.15, 0.2) is 0 Å². The summed E-state index contributed by atoms with van der Waals surface area (Å²) in [6.45, 7) is 6.30. The van der Waals surface area contributed by atoms with Gasteiger partial charge in [-0.15, -0.1) is 0 Å². The molecule has 0 amide bonds. The van der Waals surface area contributed by atoms with E-state index in [1.165, 1.54) is 19.3 Å². The zero-order valence-electron chi connectivity index (χ0n) is 15.2. The summed E-state index contributed by atoms with van der Waals surface area (Å²) < 4.78 is 6.76. The molecule has 1 heterocycles. The van der Waals surface area contributed by atoms with Gasteiger partial charge in [-0.2, -0.15) is 0 Å². The summed E-state index contributed by atoms with van der Waals surface area (Å²) in [5.74, 6) is 0.752. The Hall–Kier alpha value is -2.17. The number of fused-ring (bicyclic) bond motifs is 1. The topological polar surface area (TPSA) is 61.2 Å². The maximum Gasteiger partial charge on any atom is 0.362 e. The average molecular weight is 342 g/mol. The second kappa shape index (κ2) is 7.38. The number of aromatic nitrogens is 2. The summed E-state index contributed by atoms with van der Waals surface area (Å²) in [7, 11) is 0. The highest BCUT2D eigenvalue weighted by Crippen LogP contribution is 2.35. The first-order chi connectivity index (χ1) is 12.0. The summed E-state index contributed by atoms with van der Waals surface area (Å²) in [5.41, 5.74) is 0.957. The molecule has 0 spiro atoms. The van der Waals surface area contributed by atoms with E-state index in [4.69, 9.17) is 4.74 Å². The maximum absolute atomic E-state index is 13.0. The lowest BCUT2D eigenvalue weighted by molar-refractivity contribution is 0.0516. The van der Waals surface area contributed by atoms with E-state index in [1.54, 1.807) is 11.5 Å². The molecule has 0 unspecified atom stereocenters. The van der Waals surface area contributed by atoms with E-state index in [2.05, 4.69) is 18.8 Å². The van der Waals surface area contributed by atoms with Gasteiger partial charge in [0.05, 0.1) is 17.6 Å². The summed E-state index contributed by atoms with van der Waals surface area (Å²) >= 11 is 0. The third kappa shape index (κ3) is 3.60. The van der Waals surface area contributed by atoms with Crippen LogP contribution in [0.25, 0.3) is 11.0 Å². The van der Waals surface area contributed by atoms with Crippen molar-refractivity contribution in [3.05, 3.63) is 40.3 Å². The minimum atomic E-state index is -0.645. The zero-order valence-corrected chi connectivity index (χ0v) is 15.2. The Morgan fingerprint density at radius 1 is 1.36 bits per heavy atom. The van der Waals surface area contributed by atoms with Gasteiger partial charge in [-0.1, -0.05) is 31.9 Å². The molecule has 1 aliphatic carbocycles. The van der Waals surface area contributed by atoms with Crippen molar-refractivity contribution in [2.75, 3.05) is 6.61 Å². The number of para-hydroxylation sites is 2. The molecule has 134 valence electrons. The van der Waals surface area contributed by atoms with Crippen LogP contribution in [-0.2, 0) is 4.74 Å². The van der Waals surface area contributed by atoms with Crippen LogP contribution in [-0.4, -0.2) is 22.1 Å². The van der Waals surface area contributed by atoms with Crippen LogP contribution in [0, 0.1) is 11.8 Å². The molecule has 1 aromatic heterocycles. The molecule has 0 saturated heterocycles. The number of carbonyl (C=O) groups is 1. The lowest BCUT2D eigenvalue weighted by Gasteiger charge is -2.21. The standard InChI is InChI=1S/C20H26N2O3/c1-4-25-20(24)18-19(23)22(17-8-6-5-7-16(17)21-18)14(3)12-15-10-9-13(2)11-15/h5-8,13-15H,4,9-12H2,1-3H3/t13-,14-,15+/m0/s1. The van der Waals surface area contributed by atoms with Crippen molar-refractivity contribution in [2.45, 2.75) is 52.5 Å². The monoisotopic (exact) mass is 342 g/mol. The van der Waals surface area contributed by atoms with Crippen molar-refractivity contribution < 1.29 is 9.53 Å². The maximum atomic E-state index is 13.0. The molecule has 5 heteroatoms. The Balaban J connectivity index is 2.04. The average Bonchev–Trinajstić information content (AvgIpc) is 2.99. The quantitative estimate of drug-likeness (QED) is 0.772. The SMILES string of the molecule is CCOC(=O)c1nc2ccccc2n([C@@H](C)C[C@@H]2CC[C@H](C)C2)c1=O. The molecule has 1 fully saturated rings. The fourth-order valence-electron chi connectivity index (χ4n) is 4.05. The first kappa shape index (κ1) is 17.6. The van der Waals surface area contributed by atoms with Crippen LogP contribution in [0.4, 0.5) is 0 Å². The molecule has 0 bridgehead atoms. The van der Waals surface area contributed by atoms with Gasteiger partial charge in [0.2, 0.25) is 5.69 Å². The third-order valence-electron chi connectivity index (χ3n) is 5.18. The van der Waals surface area contributed by atoms with Crippen molar-refractivity contribution in [3.8, 4) is 0 Å². The zero-order chi connectivity index (χ0) is 18.0. The Morgan fingerprint density at radius 2 is 2.12 bits per heavy atom. The molecule has 0 radical (unpaired) electrons. The van der Waals surface area contributed by atoms with Gasteiger partial charge < -0.3 is 9.30 Å². The normalized spacial score (nSPS) is 21.4. The molecule has 0 aliphatic heterocycles. The highest BCUT2D eigenvalue weighted by atomic mass is 16.5. The number of hydrogen-bond donors (Lipinski definition) is 0. The van der Waals surface area contributed by atoms with Crippen LogP contribution in [0.15, 0.2) is 29.1 Å². The summed E-state index contributed by atoms with van der Waals surface area (Å²) in [6, 6.07) is 7.51. The molecule has 25 heavy (non-hydrogen) atoms. The Bertz CT molecular complexity index is 827. The fraction of sp³-hybridized carbons (Fsp3) is 0.550. The first-order valence-electron chi connectivity index (χ1n) is 9.19. The van der Waals surface area contributed by atoms with E-state index in [9.17, 15) is 9.59 Å². The van der Waals surface area contributed by atoms with Crippen LogP contribution < -0.4 is 5.56 Å². The Morgan fingerprint density at radius 3 is 2.80 bits per heavy atom. The minimum Gasteiger partial charge on any atom is -0.461 e. The first-order valence-corrected chi connectivity index (χ1v) is 9.19. The van der Waals surface area contributed by atoms with Gasteiger partial charge in [0.25, 0.3) is 5.56 Å². The highest BCUT2D eigenvalue weighted by molar-refractivity contribution is 5.89. The van der Waals surface area contributed by atoms with Crippen LogP contribution in [0.2, 0.25) is 0 Å². The summed E-state index contributed by atoms with van der Waals surface area (Å²) in [6.07, 6.45) is 4.64. The second-order valence-electron chi connectivity index (χ2n) is 7.21. The van der Waals surface area contributed by atoms with E-state index in [-0.39, 0.29) is 23.9 Å². The van der Waals surface area contributed by atoms with E-state index in [1.807, 2.05) is 24.3 Å². The lowest BCUT2D eigenvalue weighted by atomic mass is 9.97. The second-order valence-corrected chi connectivity index (χ2v) is 7.21. The molecule has 1 aromatic carbocycles. The van der Waals surface area contributed by atoms with Crippen LogP contribution in [0.1, 0.15) is 63.0 Å². The predicted octanol–water partition coefficient (Wildman–Crippen LogP) is 3.96. The molecule has 3 rings (SSSR count). The molecule has 1 aliphatic rings. The van der Waals surface area contributed by atoms with Crippen molar-refractivity contribution in [1.82, 2.24) is 9.55 Å². The molecule has 0 N–H and O–H groups in total. The molecule has 1 saturated carbocycles. The van der Waals surface area contributed by atoms with Gasteiger partial charge in [0, 0.05) is 6.04 Å². The molecule has 2 aromatic rings. The number of ether oxygens (including phenoxy) is 1. The Kier molecular flexibility index (Phi) is 5.21. The summed E-state index contributed by atoms with van der Waals surface area (Å²) in [4.78, 5) is 29.4. The third-order valence-corrected chi connectivity index (χ3v) is 5.18. The summed E-state index contributed by atoms with van der Waals surface area (Å²) in [5, 5.41) is 0. The lowest BCUT2D eigenvalue weighted by Crippen LogP contribution is -2.32. The minimum absolute atomic E-state index is 0.0175. The number of esters is 1. The van der Waals surface area contributed by atoms with E-state index in [0.717, 1.165) is 17.9 Å². The van der Waals surface area contributed by atoms with Gasteiger partial charge >= 0.3 is 5.97 Å². The van der Waals surface area contributed by atoms with E-state index >= 15 is 0 Å². The van der Waals surface area contributed by atoms with Crippen LogP contribution in [0.5, 0.6) is 0 Å². The Labute approximate surface area is 148 Å². The number of nitrogens with zero attached hydrogens (tertiary/aromatic N) is 2. The molecular weight excluding hydrogens is 316 g/mol. The van der Waals surface area contributed by atoms with Gasteiger partial charge in [-0.05, 0) is 50.7 Å². The fourth-order valence-corrected chi connectivity index (χ4v) is 4.05. The van der Waals surface area contributed by atoms with Crippen LogP contribution in [0.3, 0.4) is 0 Å². The van der Waals surface area contributed by atoms with Gasteiger partial charge in [-0.25, -0.2) is 9.78 Å². The van der Waals surface area contributed by atoms with Crippen LogP contribution >= 0.6 is 0 Å².